The standard InChI is InChI=1S/C33H38O8Si.2C5H12/c1-3-42(2,40-19-11-14-26-12-5-4-6-13-26)41-29(24-38-32-17-9-7-15-30(32)36-22-27-20-34-27)25-39-33-18-10-8-16-31(33)37-23-28-21-35-28;2*1-5(2,3)4/h3-18,27-29H,1,19-25H2,2H3;2*1-4H3/b14-11+;;. The predicted octanol–water partition coefficient (Wildman–Crippen LogP) is 9.72. The van der Waals surface area contributed by atoms with Gasteiger partial charge in [0.15, 0.2) is 23.0 Å². The lowest BCUT2D eigenvalue weighted by molar-refractivity contribution is 0.0495. The third-order valence-corrected chi connectivity index (χ3v) is 8.83. The highest BCUT2D eigenvalue weighted by Crippen LogP contribution is 2.30. The average Bonchev–Trinajstić information content (AvgIpc) is 4.02. The van der Waals surface area contributed by atoms with Gasteiger partial charge >= 0.3 is 8.56 Å². The molecule has 0 bridgehead atoms. The van der Waals surface area contributed by atoms with Gasteiger partial charge in [0.2, 0.25) is 0 Å². The predicted molar refractivity (Wildman–Crippen MR) is 213 cm³/mol. The van der Waals surface area contributed by atoms with E-state index < -0.39 is 14.7 Å². The van der Waals surface area contributed by atoms with Gasteiger partial charge in [-0.25, -0.2) is 0 Å². The van der Waals surface area contributed by atoms with Crippen LogP contribution < -0.4 is 18.9 Å². The van der Waals surface area contributed by atoms with Crippen molar-refractivity contribution in [2.75, 3.05) is 46.2 Å². The summed E-state index contributed by atoms with van der Waals surface area (Å²) in [7, 11) is -2.81. The van der Waals surface area contributed by atoms with Crippen LogP contribution in [0.5, 0.6) is 23.0 Å². The van der Waals surface area contributed by atoms with Gasteiger partial charge in [0.05, 0.1) is 19.8 Å². The minimum Gasteiger partial charge on any atom is -0.487 e. The van der Waals surface area contributed by atoms with E-state index in [1.54, 1.807) is 5.70 Å². The molecular weight excluding hydrogens is 673 g/mol. The molecule has 2 heterocycles. The van der Waals surface area contributed by atoms with Gasteiger partial charge in [-0.1, -0.05) is 122 Å². The molecular formula is C43H62O8Si. The lowest BCUT2D eigenvalue weighted by Crippen LogP contribution is -2.44. The zero-order chi connectivity index (χ0) is 38.0. The second-order valence-electron chi connectivity index (χ2n) is 16.1. The summed E-state index contributed by atoms with van der Waals surface area (Å²) in [6, 6.07) is 25.2. The molecule has 3 atom stereocenters. The molecule has 0 radical (unpaired) electrons. The minimum absolute atomic E-state index is 0.142. The third kappa shape index (κ3) is 20.4. The summed E-state index contributed by atoms with van der Waals surface area (Å²) in [5, 5.41) is 0. The molecule has 0 N–H and O–H groups in total. The van der Waals surface area contributed by atoms with Crippen molar-refractivity contribution in [3.63, 3.8) is 0 Å². The molecule has 3 aromatic carbocycles. The Morgan fingerprint density at radius 3 is 1.44 bits per heavy atom. The van der Waals surface area contributed by atoms with Crippen molar-refractivity contribution in [2.45, 2.75) is 80.2 Å². The van der Waals surface area contributed by atoms with Crippen LogP contribution in [0.1, 0.15) is 61.0 Å². The molecule has 52 heavy (non-hydrogen) atoms. The fourth-order valence-electron chi connectivity index (χ4n) is 3.99. The molecule has 0 amide bonds. The fraction of sp³-hybridized carbons (Fsp3) is 0.488. The van der Waals surface area contributed by atoms with Crippen molar-refractivity contribution in [3.8, 4) is 23.0 Å². The third-order valence-electron chi connectivity index (χ3n) is 6.55. The Morgan fingerprint density at radius 1 is 0.673 bits per heavy atom. The lowest BCUT2D eigenvalue weighted by Gasteiger charge is -2.29. The van der Waals surface area contributed by atoms with E-state index in [9.17, 15) is 0 Å². The van der Waals surface area contributed by atoms with Gasteiger partial charge in [-0.2, -0.15) is 0 Å². The summed E-state index contributed by atoms with van der Waals surface area (Å²) in [6.45, 7) is 26.7. The monoisotopic (exact) mass is 734 g/mol. The molecule has 0 aromatic heterocycles. The summed E-state index contributed by atoms with van der Waals surface area (Å²) >= 11 is 0. The van der Waals surface area contributed by atoms with Gasteiger partial charge < -0.3 is 37.3 Å². The Hall–Kier alpha value is -3.60. The van der Waals surface area contributed by atoms with Crippen LogP contribution in [0.15, 0.2) is 97.2 Å². The van der Waals surface area contributed by atoms with Gasteiger partial charge in [0.1, 0.15) is 44.7 Å². The highest BCUT2D eigenvalue weighted by atomic mass is 28.4. The maximum atomic E-state index is 6.57. The van der Waals surface area contributed by atoms with E-state index >= 15 is 0 Å². The van der Waals surface area contributed by atoms with E-state index in [0.717, 1.165) is 18.8 Å². The molecule has 2 saturated heterocycles. The van der Waals surface area contributed by atoms with Gasteiger partial charge in [-0.05, 0) is 52.9 Å². The number of hydrogen-bond donors (Lipinski definition) is 0. The van der Waals surface area contributed by atoms with Crippen molar-refractivity contribution in [1.29, 1.82) is 0 Å². The smallest absolute Gasteiger partial charge is 0.362 e. The molecule has 2 fully saturated rings. The maximum absolute atomic E-state index is 6.57. The van der Waals surface area contributed by atoms with Crippen molar-refractivity contribution in [3.05, 3.63) is 103 Å². The molecule has 0 saturated carbocycles. The Bertz CT molecular complexity index is 1390. The largest absolute Gasteiger partial charge is 0.487 e. The van der Waals surface area contributed by atoms with Crippen LogP contribution in [0.4, 0.5) is 0 Å². The second-order valence-corrected chi connectivity index (χ2v) is 19.1. The van der Waals surface area contributed by atoms with E-state index in [4.69, 9.17) is 37.3 Å². The quantitative estimate of drug-likeness (QED) is 0.0890. The normalized spacial score (nSPS) is 18.0. The van der Waals surface area contributed by atoms with E-state index in [2.05, 4.69) is 62.0 Å². The summed E-state index contributed by atoms with van der Waals surface area (Å²) in [6.07, 6.45) is 3.81. The minimum atomic E-state index is -2.81. The highest BCUT2D eigenvalue weighted by Gasteiger charge is 2.32. The van der Waals surface area contributed by atoms with Crippen LogP contribution >= 0.6 is 0 Å². The molecule has 286 valence electrons. The Balaban J connectivity index is 0.000000644. The number of benzene rings is 3. The lowest BCUT2D eigenvalue weighted by atomic mass is 10.0. The summed E-state index contributed by atoms with van der Waals surface area (Å²) in [5.74, 6) is 2.54. The van der Waals surface area contributed by atoms with Crippen molar-refractivity contribution in [1.82, 2.24) is 0 Å². The van der Waals surface area contributed by atoms with Crippen molar-refractivity contribution >= 4 is 14.6 Å². The molecule has 3 unspecified atom stereocenters. The average molecular weight is 735 g/mol. The van der Waals surface area contributed by atoms with Crippen LogP contribution in [0.3, 0.4) is 0 Å². The Kier molecular flexibility index (Phi) is 17.4. The Labute approximate surface area is 314 Å². The van der Waals surface area contributed by atoms with Crippen LogP contribution in [0, 0.1) is 10.8 Å². The first kappa shape index (κ1) is 42.8. The van der Waals surface area contributed by atoms with E-state index in [1.165, 1.54) is 0 Å². The van der Waals surface area contributed by atoms with Crippen molar-refractivity contribution < 1.29 is 37.3 Å². The molecule has 3 aromatic rings. The first-order chi connectivity index (χ1) is 24.6. The molecule has 5 rings (SSSR count). The van der Waals surface area contributed by atoms with E-state index in [-0.39, 0.29) is 25.4 Å². The van der Waals surface area contributed by atoms with E-state index in [1.807, 2.05) is 97.6 Å². The van der Waals surface area contributed by atoms with E-state index in [0.29, 0.717) is 53.6 Å². The summed E-state index contributed by atoms with van der Waals surface area (Å²) < 4.78 is 47.7. The number of para-hydroxylation sites is 4. The number of hydrogen-bond acceptors (Lipinski definition) is 8. The topological polar surface area (TPSA) is 80.4 Å². The van der Waals surface area contributed by atoms with Crippen molar-refractivity contribution in [2.24, 2.45) is 10.8 Å². The second kappa shape index (κ2) is 21.2. The zero-order valence-corrected chi connectivity index (χ0v) is 33.9. The maximum Gasteiger partial charge on any atom is 0.362 e. The van der Waals surface area contributed by atoms with Gasteiger partial charge in [-0.3, -0.25) is 0 Å². The van der Waals surface area contributed by atoms with Crippen LogP contribution in [0.2, 0.25) is 6.55 Å². The molecule has 8 nitrogen and oxygen atoms in total. The van der Waals surface area contributed by atoms with Crippen LogP contribution in [-0.2, 0) is 18.3 Å². The number of ether oxygens (including phenoxy) is 6. The summed E-state index contributed by atoms with van der Waals surface area (Å²) in [4.78, 5) is 0. The molecule has 2 aliphatic rings. The number of rotatable bonds is 19. The first-order valence-corrected chi connectivity index (χ1v) is 20.6. The molecule has 9 heteroatoms. The Morgan fingerprint density at radius 2 is 1.06 bits per heavy atom. The molecule has 0 spiro atoms. The summed E-state index contributed by atoms with van der Waals surface area (Å²) in [5.41, 5.74) is 3.88. The highest BCUT2D eigenvalue weighted by molar-refractivity contribution is 6.71. The zero-order valence-electron chi connectivity index (χ0n) is 32.9. The molecule has 0 aliphatic carbocycles. The van der Waals surface area contributed by atoms with Gasteiger partial charge in [-0.15, -0.1) is 6.58 Å². The van der Waals surface area contributed by atoms with Gasteiger partial charge in [0, 0.05) is 0 Å². The SMILES string of the molecule is C=C[Si](C)(OC/C=C/c1ccccc1)OC(COc1ccccc1OCC1CO1)COc1ccccc1OCC1CO1.CC(C)(C)C.CC(C)(C)C. The van der Waals surface area contributed by atoms with Crippen LogP contribution in [0.25, 0.3) is 6.08 Å². The van der Waals surface area contributed by atoms with Gasteiger partial charge in [0.25, 0.3) is 0 Å². The molecule has 2 aliphatic heterocycles. The fourth-order valence-corrected chi connectivity index (χ4v) is 5.49. The van der Waals surface area contributed by atoms with Crippen LogP contribution in [-0.4, -0.2) is 73.1 Å². The first-order valence-electron chi connectivity index (χ1n) is 18.2. The number of epoxide rings is 2.